The molecule has 0 aliphatic carbocycles. The van der Waals surface area contributed by atoms with Gasteiger partial charge in [0.1, 0.15) is 0 Å². The molecule has 132 valence electrons. The molecule has 0 spiro atoms. The third-order valence-electron chi connectivity index (χ3n) is 5.41. The summed E-state index contributed by atoms with van der Waals surface area (Å²) in [5.41, 5.74) is 1.90. The van der Waals surface area contributed by atoms with Crippen molar-refractivity contribution in [3.63, 3.8) is 0 Å². The van der Waals surface area contributed by atoms with Crippen molar-refractivity contribution >= 4 is 64.7 Å². The van der Waals surface area contributed by atoms with E-state index in [9.17, 15) is 0 Å². The van der Waals surface area contributed by atoms with Crippen LogP contribution in [0.2, 0.25) is 5.02 Å². The molecule has 5 aromatic carbocycles. The monoisotopic (exact) mass is 395 g/mol. The summed E-state index contributed by atoms with van der Waals surface area (Å²) in [5.74, 6) is 0. The number of fused-ring (bicyclic) bond motifs is 8. The lowest BCUT2D eigenvalue weighted by Crippen LogP contribution is -1.81. The fourth-order valence-corrected chi connectivity index (χ4v) is 5.81. The van der Waals surface area contributed by atoms with Crippen molar-refractivity contribution < 1.29 is 1.37 Å². The average Bonchev–Trinajstić information content (AvgIpc) is 3.19. The van der Waals surface area contributed by atoms with Crippen LogP contribution in [0.15, 0.2) is 91.0 Å². The van der Waals surface area contributed by atoms with Gasteiger partial charge in [0.15, 0.2) is 0 Å². The van der Waals surface area contributed by atoms with Gasteiger partial charge in [-0.25, -0.2) is 0 Å². The van der Waals surface area contributed by atoms with Crippen molar-refractivity contribution in [1.29, 1.82) is 0 Å². The predicted molar refractivity (Wildman–Crippen MR) is 125 cm³/mol. The first-order chi connectivity index (χ1) is 14.2. The minimum Gasteiger partial charge on any atom is -0.134 e. The minimum absolute atomic E-state index is 0.546. The van der Waals surface area contributed by atoms with Crippen LogP contribution in [0.3, 0.4) is 0 Å². The zero-order valence-electron chi connectivity index (χ0n) is 15.9. The SMILES string of the molecule is [2H]c1c(-c2ccccc2)cc(Cl)c2c1sc1c3ccccc3c3ccccc3c12. The molecule has 0 amide bonds. The van der Waals surface area contributed by atoms with Crippen molar-refractivity contribution in [3.05, 3.63) is 96.0 Å². The maximum absolute atomic E-state index is 8.97. The van der Waals surface area contributed by atoms with Crippen molar-refractivity contribution in [1.82, 2.24) is 0 Å². The Morgan fingerprint density at radius 1 is 0.643 bits per heavy atom. The Labute approximate surface area is 173 Å². The number of thiophene rings is 1. The standard InChI is InChI=1S/C26H15ClS/c27-22-14-17(16-8-2-1-3-9-16)15-23-25(22)24-20-12-6-4-10-18(20)19-11-5-7-13-21(19)26(24)28-23/h1-15H/i15D. The third kappa shape index (κ3) is 2.24. The quantitative estimate of drug-likeness (QED) is 0.244. The molecule has 0 saturated heterocycles. The van der Waals surface area contributed by atoms with Gasteiger partial charge in [-0.3, -0.25) is 0 Å². The van der Waals surface area contributed by atoms with Crippen LogP contribution in [0.25, 0.3) is 52.8 Å². The third-order valence-corrected chi connectivity index (χ3v) is 6.85. The van der Waals surface area contributed by atoms with E-state index >= 15 is 0 Å². The van der Waals surface area contributed by atoms with Crippen LogP contribution in [0.1, 0.15) is 1.37 Å². The Morgan fingerprint density at radius 3 is 2.00 bits per heavy atom. The molecule has 0 unspecified atom stereocenters. The van der Waals surface area contributed by atoms with Crippen LogP contribution in [0.5, 0.6) is 0 Å². The van der Waals surface area contributed by atoms with Crippen LogP contribution < -0.4 is 0 Å². The fourth-order valence-electron chi connectivity index (χ4n) is 4.18. The molecule has 0 aliphatic rings. The van der Waals surface area contributed by atoms with E-state index in [1.807, 2.05) is 36.4 Å². The summed E-state index contributed by atoms with van der Waals surface area (Å²) in [6, 6.07) is 29.6. The highest BCUT2D eigenvalue weighted by Crippen LogP contribution is 2.47. The van der Waals surface area contributed by atoms with Crippen LogP contribution in [-0.4, -0.2) is 0 Å². The molecule has 1 aromatic heterocycles. The van der Waals surface area contributed by atoms with E-state index in [1.165, 1.54) is 26.2 Å². The van der Waals surface area contributed by atoms with Crippen LogP contribution in [-0.2, 0) is 0 Å². The Morgan fingerprint density at radius 2 is 1.25 bits per heavy atom. The molecule has 6 rings (SSSR count). The lowest BCUT2D eigenvalue weighted by Gasteiger charge is -2.08. The molecule has 0 saturated carbocycles. The topological polar surface area (TPSA) is 0 Å². The van der Waals surface area contributed by atoms with Gasteiger partial charge < -0.3 is 0 Å². The van der Waals surface area contributed by atoms with E-state index in [1.54, 1.807) is 11.3 Å². The van der Waals surface area contributed by atoms with Gasteiger partial charge in [0.05, 0.1) is 6.39 Å². The highest BCUT2D eigenvalue weighted by molar-refractivity contribution is 7.27. The molecular weight excluding hydrogens is 380 g/mol. The van der Waals surface area contributed by atoms with E-state index in [2.05, 4.69) is 48.5 Å². The van der Waals surface area contributed by atoms with Crippen LogP contribution >= 0.6 is 22.9 Å². The predicted octanol–water partition coefficient (Wildman–Crippen LogP) is 8.68. The maximum Gasteiger partial charge on any atom is 0.0644 e. The van der Waals surface area contributed by atoms with Crippen molar-refractivity contribution in [2.45, 2.75) is 0 Å². The van der Waals surface area contributed by atoms with Gasteiger partial charge in [0.2, 0.25) is 0 Å². The zero-order chi connectivity index (χ0) is 19.5. The first kappa shape index (κ1) is 15.1. The smallest absolute Gasteiger partial charge is 0.0644 e. The molecule has 6 aromatic rings. The normalized spacial score (nSPS) is 12.2. The van der Waals surface area contributed by atoms with Crippen molar-refractivity contribution in [2.24, 2.45) is 0 Å². The molecular formula is C26H15ClS. The summed E-state index contributed by atoms with van der Waals surface area (Å²) < 4.78 is 11.1. The molecule has 0 atom stereocenters. The molecule has 1 heterocycles. The van der Waals surface area contributed by atoms with E-state index in [0.717, 1.165) is 26.6 Å². The van der Waals surface area contributed by atoms with Gasteiger partial charge in [-0.05, 0) is 39.4 Å². The molecule has 0 aliphatic heterocycles. The van der Waals surface area contributed by atoms with Gasteiger partial charge >= 0.3 is 0 Å². The lowest BCUT2D eigenvalue weighted by molar-refractivity contribution is 1.66. The van der Waals surface area contributed by atoms with Gasteiger partial charge in [-0.1, -0.05) is 90.5 Å². The molecule has 0 radical (unpaired) electrons. The van der Waals surface area contributed by atoms with Gasteiger partial charge in [0, 0.05) is 25.6 Å². The molecule has 2 heteroatoms. The molecule has 0 N–H and O–H groups in total. The van der Waals surface area contributed by atoms with Crippen molar-refractivity contribution in [3.8, 4) is 11.1 Å². The Bertz CT molecular complexity index is 1560. The summed E-state index contributed by atoms with van der Waals surface area (Å²) in [6.45, 7) is 0. The molecule has 0 bridgehead atoms. The molecule has 0 nitrogen and oxygen atoms in total. The highest BCUT2D eigenvalue weighted by atomic mass is 35.5. The van der Waals surface area contributed by atoms with E-state index in [-0.39, 0.29) is 0 Å². The van der Waals surface area contributed by atoms with E-state index in [0.29, 0.717) is 11.1 Å². The Kier molecular flexibility index (Phi) is 3.27. The Balaban J connectivity index is 1.87. The summed E-state index contributed by atoms with van der Waals surface area (Å²) in [6.07, 6.45) is 0. The van der Waals surface area contributed by atoms with E-state index in [4.69, 9.17) is 13.0 Å². The van der Waals surface area contributed by atoms with Gasteiger partial charge in [-0.2, -0.15) is 0 Å². The first-order valence-corrected chi connectivity index (χ1v) is 10.4. The lowest BCUT2D eigenvalue weighted by atomic mass is 9.96. The average molecular weight is 396 g/mol. The maximum atomic E-state index is 8.97. The summed E-state index contributed by atoms with van der Waals surface area (Å²) >= 11 is 8.56. The summed E-state index contributed by atoms with van der Waals surface area (Å²) in [7, 11) is 0. The van der Waals surface area contributed by atoms with Crippen molar-refractivity contribution in [2.75, 3.05) is 0 Å². The number of hydrogen-bond acceptors (Lipinski definition) is 1. The second-order valence-corrected chi connectivity index (χ2v) is 8.43. The minimum atomic E-state index is 0.546. The number of hydrogen-bond donors (Lipinski definition) is 0. The number of halogens is 1. The number of benzene rings is 5. The van der Waals surface area contributed by atoms with Gasteiger partial charge in [0.25, 0.3) is 0 Å². The highest BCUT2D eigenvalue weighted by Gasteiger charge is 2.16. The summed E-state index contributed by atoms with van der Waals surface area (Å²) in [5, 5.41) is 7.76. The largest absolute Gasteiger partial charge is 0.134 e. The molecule has 28 heavy (non-hydrogen) atoms. The van der Waals surface area contributed by atoms with E-state index < -0.39 is 0 Å². The second-order valence-electron chi connectivity index (χ2n) is 7.00. The van der Waals surface area contributed by atoms with Gasteiger partial charge in [-0.15, -0.1) is 11.3 Å². The zero-order valence-corrected chi connectivity index (χ0v) is 16.4. The second kappa shape index (κ2) is 6.07. The van der Waals surface area contributed by atoms with Crippen LogP contribution in [0.4, 0.5) is 0 Å². The fraction of sp³-hybridized carbons (Fsp3) is 0. The first-order valence-electron chi connectivity index (χ1n) is 9.74. The van der Waals surface area contributed by atoms with Crippen LogP contribution in [0, 0.1) is 0 Å². The molecule has 0 fully saturated rings. The number of rotatable bonds is 1. The Hall–Kier alpha value is -2.87. The summed E-state index contributed by atoms with van der Waals surface area (Å²) in [4.78, 5) is 0.